The van der Waals surface area contributed by atoms with Crippen LogP contribution < -0.4 is 16.4 Å². The van der Waals surface area contributed by atoms with E-state index in [4.69, 9.17) is 5.73 Å². The molecule has 6 heteroatoms. The van der Waals surface area contributed by atoms with Crippen molar-refractivity contribution >= 4 is 29.9 Å². The highest BCUT2D eigenvalue weighted by atomic mass is 35.5. The van der Waals surface area contributed by atoms with Crippen molar-refractivity contribution in [3.63, 3.8) is 0 Å². The average molecular weight is 314 g/mol. The van der Waals surface area contributed by atoms with Gasteiger partial charge in [-0.25, -0.2) is 0 Å². The normalized spacial score (nSPS) is 13.0. The maximum atomic E-state index is 11.9. The highest BCUT2D eigenvalue weighted by Crippen LogP contribution is 2.17. The Kier molecular flexibility index (Phi) is 7.99. The summed E-state index contributed by atoms with van der Waals surface area (Å²) in [5, 5.41) is 5.60. The van der Waals surface area contributed by atoms with Crippen molar-refractivity contribution < 1.29 is 9.59 Å². The first-order valence-corrected chi connectivity index (χ1v) is 6.74. The summed E-state index contributed by atoms with van der Waals surface area (Å²) in [6, 6.07) is 6.70. The van der Waals surface area contributed by atoms with E-state index in [-0.39, 0.29) is 36.2 Å². The lowest BCUT2D eigenvalue weighted by atomic mass is 10.0. The van der Waals surface area contributed by atoms with Gasteiger partial charge in [-0.15, -0.1) is 12.4 Å². The third-order valence-corrected chi connectivity index (χ3v) is 3.09. The number of carbonyl (C=O) groups excluding carboxylic acids is 2. The van der Waals surface area contributed by atoms with Gasteiger partial charge in [0.2, 0.25) is 11.8 Å². The number of amides is 2. The molecule has 2 atom stereocenters. The van der Waals surface area contributed by atoms with Crippen molar-refractivity contribution in [2.24, 2.45) is 11.7 Å². The summed E-state index contributed by atoms with van der Waals surface area (Å²) in [5.74, 6) is -0.203. The number of carbonyl (C=O) groups is 2. The molecule has 0 aromatic heterocycles. The van der Waals surface area contributed by atoms with E-state index in [0.29, 0.717) is 5.69 Å². The van der Waals surface area contributed by atoms with E-state index in [2.05, 4.69) is 10.6 Å². The van der Waals surface area contributed by atoms with Crippen molar-refractivity contribution in [2.45, 2.75) is 39.8 Å². The van der Waals surface area contributed by atoms with Gasteiger partial charge in [-0.3, -0.25) is 9.59 Å². The van der Waals surface area contributed by atoms with Crippen LogP contribution in [0.4, 0.5) is 5.69 Å². The Bertz CT molecular complexity index is 492. The summed E-state index contributed by atoms with van der Waals surface area (Å²) in [6.07, 6.45) is 0. The smallest absolute Gasteiger partial charge is 0.237 e. The van der Waals surface area contributed by atoms with Crippen molar-refractivity contribution in [3.05, 3.63) is 29.8 Å². The molecule has 5 nitrogen and oxygen atoms in total. The van der Waals surface area contributed by atoms with Gasteiger partial charge in [0, 0.05) is 12.6 Å². The second-order valence-electron chi connectivity index (χ2n) is 5.31. The van der Waals surface area contributed by atoms with Gasteiger partial charge in [0.1, 0.15) is 0 Å². The minimum atomic E-state index is -0.518. The Morgan fingerprint density at radius 3 is 2.33 bits per heavy atom. The van der Waals surface area contributed by atoms with Crippen molar-refractivity contribution in [1.29, 1.82) is 0 Å². The summed E-state index contributed by atoms with van der Waals surface area (Å²) in [5.41, 5.74) is 7.44. The number of rotatable bonds is 5. The summed E-state index contributed by atoms with van der Waals surface area (Å²) >= 11 is 0. The number of nitrogens with one attached hydrogen (secondary N) is 2. The monoisotopic (exact) mass is 313 g/mol. The van der Waals surface area contributed by atoms with Crippen molar-refractivity contribution in [3.8, 4) is 0 Å². The first-order chi connectivity index (χ1) is 9.31. The quantitative estimate of drug-likeness (QED) is 0.779. The molecule has 2 unspecified atom stereocenters. The van der Waals surface area contributed by atoms with Gasteiger partial charge < -0.3 is 16.4 Å². The van der Waals surface area contributed by atoms with Gasteiger partial charge in [-0.1, -0.05) is 26.0 Å². The topological polar surface area (TPSA) is 84.2 Å². The average Bonchev–Trinajstić information content (AvgIpc) is 2.37. The van der Waals surface area contributed by atoms with E-state index < -0.39 is 6.04 Å². The van der Waals surface area contributed by atoms with Crippen molar-refractivity contribution in [2.75, 3.05) is 5.32 Å². The van der Waals surface area contributed by atoms with Gasteiger partial charge in [-0.05, 0) is 30.5 Å². The molecule has 118 valence electrons. The van der Waals surface area contributed by atoms with E-state index in [1.54, 1.807) is 6.07 Å². The zero-order valence-corrected chi connectivity index (χ0v) is 13.7. The minimum absolute atomic E-state index is 0. The molecule has 0 aliphatic carbocycles. The Balaban J connectivity index is 0.00000400. The SMILES string of the molecule is CC(=O)Nc1cccc(C(C)NC(=O)C(N)C(C)C)c1.Cl. The number of benzene rings is 1. The highest BCUT2D eigenvalue weighted by molar-refractivity contribution is 5.88. The standard InChI is InChI=1S/C15H23N3O2.ClH/c1-9(2)14(16)15(20)17-10(3)12-6-5-7-13(8-12)18-11(4)19;/h5-10,14H,16H2,1-4H3,(H,17,20)(H,18,19);1H. The maximum Gasteiger partial charge on any atom is 0.237 e. The number of anilines is 1. The predicted molar refractivity (Wildman–Crippen MR) is 87.4 cm³/mol. The summed E-state index contributed by atoms with van der Waals surface area (Å²) < 4.78 is 0. The van der Waals surface area contributed by atoms with Crippen LogP contribution in [0.15, 0.2) is 24.3 Å². The van der Waals surface area contributed by atoms with E-state index in [1.165, 1.54) is 6.92 Å². The van der Waals surface area contributed by atoms with Gasteiger partial charge in [-0.2, -0.15) is 0 Å². The maximum absolute atomic E-state index is 11.9. The van der Waals surface area contributed by atoms with Crippen LogP contribution in [0.5, 0.6) is 0 Å². The molecule has 21 heavy (non-hydrogen) atoms. The summed E-state index contributed by atoms with van der Waals surface area (Å²) in [7, 11) is 0. The Morgan fingerprint density at radius 2 is 1.81 bits per heavy atom. The molecule has 0 saturated heterocycles. The number of nitrogens with two attached hydrogens (primary N) is 1. The van der Waals surface area contributed by atoms with Gasteiger partial charge >= 0.3 is 0 Å². The van der Waals surface area contributed by atoms with Crippen molar-refractivity contribution in [1.82, 2.24) is 5.32 Å². The lowest BCUT2D eigenvalue weighted by molar-refractivity contribution is -0.123. The third-order valence-electron chi connectivity index (χ3n) is 3.09. The Hall–Kier alpha value is -1.59. The largest absolute Gasteiger partial charge is 0.348 e. The molecule has 4 N–H and O–H groups in total. The zero-order chi connectivity index (χ0) is 15.3. The van der Waals surface area contributed by atoms with Gasteiger partial charge in [0.15, 0.2) is 0 Å². The van der Waals surface area contributed by atoms with Crippen LogP contribution in [-0.4, -0.2) is 17.9 Å². The van der Waals surface area contributed by atoms with Crippen LogP contribution in [0.2, 0.25) is 0 Å². The fourth-order valence-corrected chi connectivity index (χ4v) is 1.78. The van der Waals surface area contributed by atoms with E-state index >= 15 is 0 Å². The molecular weight excluding hydrogens is 290 g/mol. The molecule has 0 heterocycles. The second-order valence-corrected chi connectivity index (χ2v) is 5.31. The molecular formula is C15H24ClN3O2. The van der Waals surface area contributed by atoms with Gasteiger partial charge in [0.25, 0.3) is 0 Å². The van der Waals surface area contributed by atoms with Crippen LogP contribution in [0, 0.1) is 5.92 Å². The molecule has 0 saturated carbocycles. The molecule has 1 rings (SSSR count). The molecule has 1 aromatic rings. The first kappa shape index (κ1) is 19.4. The molecule has 0 spiro atoms. The molecule has 1 aromatic carbocycles. The summed E-state index contributed by atoms with van der Waals surface area (Å²) in [4.78, 5) is 23.0. The molecule has 0 aliphatic rings. The zero-order valence-electron chi connectivity index (χ0n) is 12.8. The van der Waals surface area contributed by atoms with E-state index in [0.717, 1.165) is 5.56 Å². The van der Waals surface area contributed by atoms with Gasteiger partial charge in [0.05, 0.1) is 12.1 Å². The van der Waals surface area contributed by atoms with Crippen LogP contribution >= 0.6 is 12.4 Å². The van der Waals surface area contributed by atoms with Crippen LogP contribution in [0.1, 0.15) is 39.3 Å². The number of hydrogen-bond acceptors (Lipinski definition) is 3. The molecule has 0 bridgehead atoms. The molecule has 0 aliphatic heterocycles. The van der Waals surface area contributed by atoms with E-state index in [1.807, 2.05) is 39.0 Å². The highest BCUT2D eigenvalue weighted by Gasteiger charge is 2.19. The molecule has 2 amide bonds. The lowest BCUT2D eigenvalue weighted by Crippen LogP contribution is -2.44. The predicted octanol–water partition coefficient (Wildman–Crippen LogP) is 2.23. The summed E-state index contributed by atoms with van der Waals surface area (Å²) in [6.45, 7) is 7.16. The minimum Gasteiger partial charge on any atom is -0.348 e. The van der Waals surface area contributed by atoms with Crippen LogP contribution in [0.3, 0.4) is 0 Å². The fraction of sp³-hybridized carbons (Fsp3) is 0.467. The van der Waals surface area contributed by atoms with E-state index in [9.17, 15) is 9.59 Å². The number of hydrogen-bond donors (Lipinski definition) is 3. The lowest BCUT2D eigenvalue weighted by Gasteiger charge is -2.20. The Labute approximate surface area is 132 Å². The third kappa shape index (κ3) is 6.14. The second kappa shape index (κ2) is 8.64. The first-order valence-electron chi connectivity index (χ1n) is 6.74. The number of halogens is 1. The van der Waals surface area contributed by atoms with Crippen LogP contribution in [-0.2, 0) is 9.59 Å². The fourth-order valence-electron chi connectivity index (χ4n) is 1.78. The molecule has 0 fully saturated rings. The molecule has 0 radical (unpaired) electrons. The Morgan fingerprint density at radius 1 is 1.19 bits per heavy atom. The van der Waals surface area contributed by atoms with Crippen LogP contribution in [0.25, 0.3) is 0 Å².